The molecule has 0 heterocycles. The second kappa shape index (κ2) is 11.6. The van der Waals surface area contributed by atoms with E-state index in [1.807, 2.05) is 30.3 Å². The molecule has 1 aromatic carbocycles. The molecule has 0 aliphatic carbocycles. The summed E-state index contributed by atoms with van der Waals surface area (Å²) in [5.41, 5.74) is 11.4. The predicted octanol–water partition coefficient (Wildman–Crippen LogP) is -0.139. The Hall–Kier alpha value is -2.90. The van der Waals surface area contributed by atoms with Crippen LogP contribution in [0.1, 0.15) is 31.7 Å². The fourth-order valence-electron chi connectivity index (χ4n) is 2.33. The first-order valence-corrected chi connectivity index (χ1v) is 8.60. The lowest BCUT2D eigenvalue weighted by Crippen LogP contribution is -2.51. The fourth-order valence-corrected chi connectivity index (χ4v) is 2.33. The molecule has 6 N–H and O–H groups in total. The van der Waals surface area contributed by atoms with Gasteiger partial charge in [0.25, 0.3) is 0 Å². The van der Waals surface area contributed by atoms with Crippen LogP contribution in [0.4, 0.5) is 0 Å². The third-order valence-electron chi connectivity index (χ3n) is 3.72. The lowest BCUT2D eigenvalue weighted by molar-refractivity contribution is -0.130. The van der Waals surface area contributed by atoms with E-state index in [4.69, 9.17) is 11.5 Å². The van der Waals surface area contributed by atoms with Crippen molar-refractivity contribution in [3.8, 4) is 0 Å². The number of rotatable bonds is 11. The highest BCUT2D eigenvalue weighted by molar-refractivity contribution is 5.89. The van der Waals surface area contributed by atoms with Gasteiger partial charge in [-0.1, -0.05) is 37.3 Å². The topological polar surface area (TPSA) is 140 Å². The van der Waals surface area contributed by atoms with Crippen molar-refractivity contribution in [1.82, 2.24) is 10.6 Å². The van der Waals surface area contributed by atoms with Crippen LogP contribution < -0.4 is 22.1 Å². The van der Waals surface area contributed by atoms with Crippen molar-refractivity contribution in [1.29, 1.82) is 0 Å². The van der Waals surface area contributed by atoms with Crippen LogP contribution in [0.2, 0.25) is 0 Å². The molecular weight excluding hydrogens is 334 g/mol. The average Bonchev–Trinajstić information content (AvgIpc) is 2.63. The zero-order chi connectivity index (χ0) is 19.4. The second-order valence-corrected chi connectivity index (χ2v) is 5.86. The maximum atomic E-state index is 12.6. The number of guanidine groups is 1. The molecule has 26 heavy (non-hydrogen) atoms. The highest BCUT2D eigenvalue weighted by atomic mass is 16.2. The number of carbonyl (C=O) groups excluding carboxylic acids is 3. The zero-order valence-electron chi connectivity index (χ0n) is 15.0. The average molecular weight is 361 g/mol. The molecule has 0 spiro atoms. The van der Waals surface area contributed by atoms with Crippen LogP contribution in [0.3, 0.4) is 0 Å². The van der Waals surface area contributed by atoms with Gasteiger partial charge < -0.3 is 26.9 Å². The van der Waals surface area contributed by atoms with Crippen molar-refractivity contribution in [3.05, 3.63) is 35.9 Å². The molecule has 0 saturated carbocycles. The standard InChI is InChI=1S/C18H27N5O3/c1-2-16(25)23-15(11-13-7-4-3-5-8-13)17(26)22-14(12-24)9-6-10-21-18(19)20/h3-5,7-8,12,14-15H,2,6,9-11H2,1H3,(H,22,26)(H,23,25)(H4,19,20,21)/t14?,15-/m0/s1. The normalized spacial score (nSPS) is 12.5. The predicted molar refractivity (Wildman–Crippen MR) is 100 cm³/mol. The smallest absolute Gasteiger partial charge is 0.243 e. The van der Waals surface area contributed by atoms with Gasteiger partial charge in [0.1, 0.15) is 12.3 Å². The maximum absolute atomic E-state index is 12.6. The first-order valence-electron chi connectivity index (χ1n) is 8.60. The quantitative estimate of drug-likeness (QED) is 0.188. The Balaban J connectivity index is 2.68. The molecule has 0 aromatic heterocycles. The molecule has 1 aromatic rings. The van der Waals surface area contributed by atoms with E-state index in [0.29, 0.717) is 32.1 Å². The number of aliphatic imine (C=N–C) groups is 1. The minimum Gasteiger partial charge on any atom is -0.370 e. The molecular formula is C18H27N5O3. The number of nitrogens with zero attached hydrogens (tertiary/aromatic N) is 1. The van der Waals surface area contributed by atoms with E-state index < -0.39 is 18.0 Å². The number of nitrogens with one attached hydrogen (secondary N) is 2. The van der Waals surface area contributed by atoms with E-state index in [-0.39, 0.29) is 18.3 Å². The van der Waals surface area contributed by atoms with Crippen LogP contribution >= 0.6 is 0 Å². The Labute approximate surface area is 153 Å². The van der Waals surface area contributed by atoms with Gasteiger partial charge >= 0.3 is 0 Å². The molecule has 1 rings (SSSR count). The van der Waals surface area contributed by atoms with E-state index in [2.05, 4.69) is 15.6 Å². The summed E-state index contributed by atoms with van der Waals surface area (Å²) in [6, 6.07) is 7.96. The number of hydrogen-bond donors (Lipinski definition) is 4. The molecule has 0 bridgehead atoms. The van der Waals surface area contributed by atoms with Crippen LogP contribution in [-0.2, 0) is 20.8 Å². The summed E-state index contributed by atoms with van der Waals surface area (Å²) < 4.78 is 0. The first kappa shape index (κ1) is 21.1. The number of aldehydes is 1. The zero-order valence-corrected chi connectivity index (χ0v) is 15.0. The third-order valence-corrected chi connectivity index (χ3v) is 3.72. The van der Waals surface area contributed by atoms with Crippen molar-refractivity contribution in [2.75, 3.05) is 6.54 Å². The summed E-state index contributed by atoms with van der Waals surface area (Å²) in [6.45, 7) is 2.09. The van der Waals surface area contributed by atoms with Gasteiger partial charge in [0, 0.05) is 19.4 Å². The van der Waals surface area contributed by atoms with Crippen molar-refractivity contribution in [2.24, 2.45) is 16.5 Å². The molecule has 0 aliphatic rings. The minimum atomic E-state index is -0.745. The summed E-state index contributed by atoms with van der Waals surface area (Å²) in [7, 11) is 0. The lowest BCUT2D eigenvalue weighted by Gasteiger charge is -2.21. The molecule has 2 atom stereocenters. The van der Waals surface area contributed by atoms with Gasteiger partial charge in [-0.15, -0.1) is 0 Å². The van der Waals surface area contributed by atoms with E-state index >= 15 is 0 Å². The van der Waals surface area contributed by atoms with Crippen LogP contribution in [0.25, 0.3) is 0 Å². The molecule has 8 nitrogen and oxygen atoms in total. The van der Waals surface area contributed by atoms with Gasteiger partial charge in [-0.3, -0.25) is 14.6 Å². The Morgan fingerprint density at radius 3 is 2.46 bits per heavy atom. The van der Waals surface area contributed by atoms with Gasteiger partial charge in [0.2, 0.25) is 11.8 Å². The van der Waals surface area contributed by atoms with E-state index in [1.165, 1.54) is 0 Å². The van der Waals surface area contributed by atoms with Crippen molar-refractivity contribution < 1.29 is 14.4 Å². The molecule has 8 heteroatoms. The number of amides is 2. The molecule has 142 valence electrons. The summed E-state index contributed by atoms with van der Waals surface area (Å²) in [5, 5.41) is 5.38. The fraction of sp³-hybridized carbons (Fsp3) is 0.444. The summed E-state index contributed by atoms with van der Waals surface area (Å²) in [5.74, 6) is -0.632. The second-order valence-electron chi connectivity index (χ2n) is 5.86. The van der Waals surface area contributed by atoms with E-state index in [0.717, 1.165) is 5.56 Å². The minimum absolute atomic E-state index is 0.0121. The van der Waals surface area contributed by atoms with Gasteiger partial charge in [0.05, 0.1) is 6.04 Å². The number of hydrogen-bond acceptors (Lipinski definition) is 4. The SMILES string of the molecule is CCC(=O)N[C@@H](Cc1ccccc1)C(=O)NC(C=O)CCCN=C(N)N. The van der Waals surface area contributed by atoms with Crippen molar-refractivity contribution >= 4 is 24.1 Å². The Morgan fingerprint density at radius 2 is 1.88 bits per heavy atom. The highest BCUT2D eigenvalue weighted by Gasteiger charge is 2.23. The van der Waals surface area contributed by atoms with Gasteiger partial charge in [-0.05, 0) is 18.4 Å². The van der Waals surface area contributed by atoms with Gasteiger partial charge in [-0.25, -0.2) is 0 Å². The summed E-state index contributed by atoms with van der Waals surface area (Å²) >= 11 is 0. The third kappa shape index (κ3) is 8.27. The Bertz CT molecular complexity index is 615. The number of carbonyl (C=O) groups is 3. The van der Waals surface area contributed by atoms with Crippen molar-refractivity contribution in [3.63, 3.8) is 0 Å². The Morgan fingerprint density at radius 1 is 1.19 bits per heavy atom. The van der Waals surface area contributed by atoms with E-state index in [1.54, 1.807) is 6.92 Å². The lowest BCUT2D eigenvalue weighted by atomic mass is 10.0. The van der Waals surface area contributed by atoms with Crippen LogP contribution in [-0.4, -0.2) is 42.7 Å². The summed E-state index contributed by atoms with van der Waals surface area (Å²) in [6.07, 6.45) is 2.25. The number of benzene rings is 1. The summed E-state index contributed by atoms with van der Waals surface area (Å²) in [4.78, 5) is 39.4. The van der Waals surface area contributed by atoms with Crippen LogP contribution in [0.15, 0.2) is 35.3 Å². The Kier molecular flexibility index (Phi) is 9.45. The molecule has 0 saturated heterocycles. The molecule has 0 aliphatic heterocycles. The van der Waals surface area contributed by atoms with Gasteiger partial charge in [-0.2, -0.15) is 0 Å². The largest absolute Gasteiger partial charge is 0.370 e. The van der Waals surface area contributed by atoms with E-state index in [9.17, 15) is 14.4 Å². The van der Waals surface area contributed by atoms with Crippen LogP contribution in [0.5, 0.6) is 0 Å². The molecule has 1 unspecified atom stereocenters. The molecule has 2 amide bonds. The first-order chi connectivity index (χ1) is 12.5. The molecule has 0 fully saturated rings. The van der Waals surface area contributed by atoms with Crippen LogP contribution in [0, 0.1) is 0 Å². The van der Waals surface area contributed by atoms with Gasteiger partial charge in [0.15, 0.2) is 5.96 Å². The molecule has 0 radical (unpaired) electrons. The van der Waals surface area contributed by atoms with Crippen molar-refractivity contribution in [2.45, 2.75) is 44.7 Å². The number of nitrogens with two attached hydrogens (primary N) is 2. The monoisotopic (exact) mass is 361 g/mol. The highest BCUT2D eigenvalue weighted by Crippen LogP contribution is 2.05. The maximum Gasteiger partial charge on any atom is 0.243 e.